The molecule has 4 heterocycles. The summed E-state index contributed by atoms with van der Waals surface area (Å²) >= 11 is 0. The maximum Gasteiger partial charge on any atom is 0.408 e. The van der Waals surface area contributed by atoms with Gasteiger partial charge in [0, 0.05) is 13.1 Å². The highest BCUT2D eigenvalue weighted by molar-refractivity contribution is 5.48. The summed E-state index contributed by atoms with van der Waals surface area (Å²) in [5.41, 5.74) is -0.748. The Balaban J connectivity index is 1.83. The number of hydrogen-bond donors (Lipinski definition) is 0. The summed E-state index contributed by atoms with van der Waals surface area (Å²) in [5.74, 6) is -1.57. The van der Waals surface area contributed by atoms with Gasteiger partial charge in [-0.2, -0.15) is 22.5 Å². The van der Waals surface area contributed by atoms with Crippen molar-refractivity contribution in [3.05, 3.63) is 34.5 Å². The van der Waals surface area contributed by atoms with Crippen molar-refractivity contribution in [1.29, 1.82) is 0 Å². The fourth-order valence-electron chi connectivity index (χ4n) is 3.72. The molecule has 0 bridgehead atoms. The van der Waals surface area contributed by atoms with Crippen molar-refractivity contribution >= 4 is 11.8 Å². The fraction of sp³-hybridized carbons (Fsp3) is 0.588. The minimum Gasteiger partial charge on any atom is -0.451 e. The highest BCUT2D eigenvalue weighted by atomic mass is 19.4. The molecule has 2 aromatic rings. The number of ether oxygens (including phenoxy) is 1. The summed E-state index contributed by atoms with van der Waals surface area (Å²) in [5, 5.41) is 0. The van der Waals surface area contributed by atoms with Crippen LogP contribution in [-0.4, -0.2) is 52.6 Å². The van der Waals surface area contributed by atoms with Crippen molar-refractivity contribution in [3.63, 3.8) is 0 Å². The zero-order valence-corrected chi connectivity index (χ0v) is 15.5. The first-order valence-electron chi connectivity index (χ1n) is 9.12. The van der Waals surface area contributed by atoms with Crippen LogP contribution in [0, 0.1) is 5.82 Å². The zero-order chi connectivity index (χ0) is 20.8. The Bertz CT molecular complexity index is 930. The molecule has 12 heteroatoms. The Labute approximate surface area is 162 Å². The van der Waals surface area contributed by atoms with Crippen LogP contribution in [-0.2, 0) is 17.8 Å². The number of rotatable bonds is 3. The minimum atomic E-state index is -4.56. The number of oxazole rings is 1. The lowest BCUT2D eigenvalue weighted by Gasteiger charge is -2.40. The van der Waals surface area contributed by atoms with Crippen molar-refractivity contribution in [2.45, 2.75) is 44.7 Å². The molecule has 2 aliphatic rings. The molecule has 0 saturated carbocycles. The van der Waals surface area contributed by atoms with Gasteiger partial charge in [0.15, 0.2) is 12.2 Å². The molecule has 2 atom stereocenters. The number of anilines is 2. The molecule has 0 aromatic carbocycles. The molecule has 2 aliphatic heterocycles. The lowest BCUT2D eigenvalue weighted by Crippen LogP contribution is -2.53. The van der Waals surface area contributed by atoms with E-state index in [9.17, 15) is 22.4 Å². The normalized spacial score (nSPS) is 22.7. The fourth-order valence-corrected chi connectivity index (χ4v) is 3.72. The SMILES string of the molecule is CC1COCCN1c1nc2n(c(=O)c1F)CCC(C(F)(F)F)N2Cc1cocn1. The van der Waals surface area contributed by atoms with Crippen LogP contribution in [0.3, 0.4) is 0 Å². The van der Waals surface area contributed by atoms with Gasteiger partial charge in [-0.25, -0.2) is 4.98 Å². The molecular weight excluding hydrogens is 398 g/mol. The molecule has 4 rings (SSSR count). The summed E-state index contributed by atoms with van der Waals surface area (Å²) in [6.07, 6.45) is -2.64. The predicted molar refractivity (Wildman–Crippen MR) is 93.2 cm³/mol. The Morgan fingerprint density at radius 1 is 1.31 bits per heavy atom. The molecule has 0 aliphatic carbocycles. The van der Waals surface area contributed by atoms with E-state index in [2.05, 4.69) is 9.97 Å². The summed E-state index contributed by atoms with van der Waals surface area (Å²) in [4.78, 5) is 23.2. The van der Waals surface area contributed by atoms with Crippen LogP contribution in [0.15, 0.2) is 21.9 Å². The van der Waals surface area contributed by atoms with Crippen molar-refractivity contribution in [2.75, 3.05) is 29.6 Å². The molecule has 0 N–H and O–H groups in total. The maximum atomic E-state index is 14.8. The maximum absolute atomic E-state index is 14.8. The van der Waals surface area contributed by atoms with E-state index in [1.807, 2.05) is 0 Å². The molecule has 0 amide bonds. The van der Waals surface area contributed by atoms with Gasteiger partial charge in [-0.15, -0.1) is 0 Å². The van der Waals surface area contributed by atoms with Crippen molar-refractivity contribution < 1.29 is 26.7 Å². The van der Waals surface area contributed by atoms with Crippen molar-refractivity contribution in [3.8, 4) is 0 Å². The second kappa shape index (κ2) is 7.32. The number of fused-ring (bicyclic) bond motifs is 1. The third kappa shape index (κ3) is 3.56. The topological polar surface area (TPSA) is 76.6 Å². The number of halogens is 4. The van der Waals surface area contributed by atoms with Gasteiger partial charge in [0.1, 0.15) is 12.3 Å². The van der Waals surface area contributed by atoms with Crippen molar-refractivity contribution in [2.24, 2.45) is 0 Å². The monoisotopic (exact) mass is 417 g/mol. The van der Waals surface area contributed by atoms with Gasteiger partial charge in [-0.3, -0.25) is 9.36 Å². The van der Waals surface area contributed by atoms with Gasteiger partial charge in [0.05, 0.1) is 31.5 Å². The highest BCUT2D eigenvalue weighted by Gasteiger charge is 2.47. The second-order valence-corrected chi connectivity index (χ2v) is 7.08. The Hall–Kier alpha value is -2.63. The van der Waals surface area contributed by atoms with Crippen LogP contribution in [0.25, 0.3) is 0 Å². The molecule has 1 saturated heterocycles. The number of hydrogen-bond acceptors (Lipinski definition) is 7. The molecular formula is C17H19F4N5O3. The third-order valence-corrected chi connectivity index (χ3v) is 5.17. The largest absolute Gasteiger partial charge is 0.451 e. The minimum absolute atomic E-state index is 0.235. The van der Waals surface area contributed by atoms with Gasteiger partial charge in [-0.05, 0) is 13.3 Å². The summed E-state index contributed by atoms with van der Waals surface area (Å²) < 4.78 is 67.1. The molecule has 29 heavy (non-hydrogen) atoms. The summed E-state index contributed by atoms with van der Waals surface area (Å²) in [6.45, 7) is 2.08. The molecule has 1 fully saturated rings. The first-order valence-corrected chi connectivity index (χ1v) is 9.12. The van der Waals surface area contributed by atoms with E-state index in [-0.39, 0.29) is 43.1 Å². The Morgan fingerprint density at radius 3 is 2.76 bits per heavy atom. The van der Waals surface area contributed by atoms with Crippen LogP contribution in [0.1, 0.15) is 19.0 Å². The van der Waals surface area contributed by atoms with Gasteiger partial charge in [0.25, 0.3) is 5.56 Å². The molecule has 8 nitrogen and oxygen atoms in total. The van der Waals surface area contributed by atoms with E-state index in [1.54, 1.807) is 11.8 Å². The van der Waals surface area contributed by atoms with E-state index in [0.717, 1.165) is 15.9 Å². The molecule has 2 unspecified atom stereocenters. The highest BCUT2D eigenvalue weighted by Crippen LogP contribution is 2.35. The lowest BCUT2D eigenvalue weighted by atomic mass is 10.1. The molecule has 158 valence electrons. The van der Waals surface area contributed by atoms with Gasteiger partial charge >= 0.3 is 6.18 Å². The van der Waals surface area contributed by atoms with Crippen LogP contribution in [0.5, 0.6) is 0 Å². The van der Waals surface area contributed by atoms with Gasteiger partial charge in [-0.1, -0.05) is 0 Å². The Morgan fingerprint density at radius 2 is 2.10 bits per heavy atom. The molecule has 2 aromatic heterocycles. The number of alkyl halides is 3. The lowest BCUT2D eigenvalue weighted by molar-refractivity contribution is -0.153. The number of aromatic nitrogens is 3. The standard InChI is InChI=1S/C17H19F4N5O3/c1-10-7-28-5-4-24(10)14-13(18)15(27)25-3-2-12(17(19,20)21)26(16(25)23-14)6-11-8-29-9-22-11/h8-10,12H,2-7H2,1H3. The Kier molecular flexibility index (Phi) is 4.97. The van der Waals surface area contributed by atoms with Crippen LogP contribution in [0.4, 0.5) is 29.3 Å². The second-order valence-electron chi connectivity index (χ2n) is 7.08. The average Bonchev–Trinajstić information content (AvgIpc) is 3.18. The van der Waals surface area contributed by atoms with E-state index < -0.39 is 30.0 Å². The molecule has 0 spiro atoms. The zero-order valence-electron chi connectivity index (χ0n) is 15.5. The summed E-state index contributed by atoms with van der Waals surface area (Å²) in [6, 6.07) is -2.16. The van der Waals surface area contributed by atoms with E-state index in [1.165, 1.54) is 6.26 Å². The predicted octanol–water partition coefficient (Wildman–Crippen LogP) is 1.94. The van der Waals surface area contributed by atoms with Crippen molar-refractivity contribution in [1.82, 2.24) is 14.5 Å². The third-order valence-electron chi connectivity index (χ3n) is 5.17. The van der Waals surface area contributed by atoms with Gasteiger partial charge < -0.3 is 19.0 Å². The van der Waals surface area contributed by atoms with E-state index >= 15 is 0 Å². The van der Waals surface area contributed by atoms with Gasteiger partial charge in [0.2, 0.25) is 11.8 Å². The van der Waals surface area contributed by atoms with E-state index in [0.29, 0.717) is 13.2 Å². The number of morpholine rings is 1. The smallest absolute Gasteiger partial charge is 0.408 e. The average molecular weight is 417 g/mol. The van der Waals surface area contributed by atoms with Crippen LogP contribution < -0.4 is 15.4 Å². The first-order chi connectivity index (χ1) is 13.8. The molecule has 0 radical (unpaired) electrons. The first kappa shape index (κ1) is 19.7. The number of nitrogens with zero attached hydrogens (tertiary/aromatic N) is 5. The van der Waals surface area contributed by atoms with Crippen LogP contribution >= 0.6 is 0 Å². The summed E-state index contributed by atoms with van der Waals surface area (Å²) in [7, 11) is 0. The van der Waals surface area contributed by atoms with Crippen LogP contribution in [0.2, 0.25) is 0 Å². The quantitative estimate of drug-likeness (QED) is 0.707. The van der Waals surface area contributed by atoms with E-state index in [4.69, 9.17) is 9.15 Å².